The Kier molecular flexibility index (Phi) is 5.10. The molecule has 7 heteroatoms. The fraction of sp³-hybridized carbons (Fsp3) is 0.471. The van der Waals surface area contributed by atoms with Crippen LogP contribution in [-0.2, 0) is 11.3 Å². The lowest BCUT2D eigenvalue weighted by atomic mass is 10.1. The number of imidazole rings is 1. The van der Waals surface area contributed by atoms with Crippen molar-refractivity contribution in [2.45, 2.75) is 45.4 Å². The second kappa shape index (κ2) is 7.44. The molecule has 0 aromatic carbocycles. The molecule has 7 nitrogen and oxygen atoms in total. The van der Waals surface area contributed by atoms with Crippen molar-refractivity contribution in [1.82, 2.24) is 25.2 Å². The van der Waals surface area contributed by atoms with E-state index in [4.69, 9.17) is 4.74 Å². The van der Waals surface area contributed by atoms with Crippen molar-refractivity contribution >= 4 is 6.03 Å². The zero-order valence-corrected chi connectivity index (χ0v) is 14.0. The van der Waals surface area contributed by atoms with Gasteiger partial charge in [0.25, 0.3) is 0 Å². The van der Waals surface area contributed by atoms with Crippen LogP contribution in [0.15, 0.2) is 30.7 Å². The van der Waals surface area contributed by atoms with Crippen LogP contribution in [0.3, 0.4) is 0 Å². The summed E-state index contributed by atoms with van der Waals surface area (Å²) < 4.78 is 7.49. The molecule has 3 heterocycles. The molecule has 128 valence electrons. The lowest BCUT2D eigenvalue weighted by molar-refractivity contribution is 0.0860. The maximum absolute atomic E-state index is 12.0. The number of ether oxygens (including phenoxy) is 1. The van der Waals surface area contributed by atoms with Gasteiger partial charge in [0, 0.05) is 31.7 Å². The van der Waals surface area contributed by atoms with E-state index in [9.17, 15) is 4.79 Å². The number of aryl methyl sites for hydroxylation is 1. The third-order valence-corrected chi connectivity index (χ3v) is 4.22. The average molecular weight is 329 g/mol. The molecule has 0 bridgehead atoms. The molecule has 0 spiro atoms. The van der Waals surface area contributed by atoms with Gasteiger partial charge >= 0.3 is 6.03 Å². The van der Waals surface area contributed by atoms with E-state index in [0.29, 0.717) is 6.54 Å². The number of hydrogen-bond acceptors (Lipinski definition) is 4. The molecule has 2 aromatic rings. The maximum Gasteiger partial charge on any atom is 0.315 e. The highest BCUT2D eigenvalue weighted by atomic mass is 16.5. The molecule has 1 fully saturated rings. The summed E-state index contributed by atoms with van der Waals surface area (Å²) in [5.74, 6) is 1.66. The van der Waals surface area contributed by atoms with E-state index in [1.165, 1.54) is 0 Å². The first-order valence-corrected chi connectivity index (χ1v) is 8.24. The standard InChI is InChI=1S/C17H23N5O2/c1-12(15-4-3-9-24-15)21-17(23)20-11-14-5-6-19-16(10-14)22-8-7-18-13(22)2/h5-8,10,12,15H,3-4,9,11H2,1-2H3,(H2,20,21,23). The predicted octanol–water partition coefficient (Wildman–Crippen LogP) is 1.94. The molecule has 2 atom stereocenters. The van der Waals surface area contributed by atoms with E-state index in [1.54, 1.807) is 12.4 Å². The van der Waals surface area contributed by atoms with Crippen LogP contribution in [-0.4, -0.2) is 39.3 Å². The van der Waals surface area contributed by atoms with Crippen LogP contribution in [0.5, 0.6) is 0 Å². The molecule has 2 amide bonds. The lowest BCUT2D eigenvalue weighted by Crippen LogP contribution is -2.45. The van der Waals surface area contributed by atoms with Crippen molar-refractivity contribution in [3.05, 3.63) is 42.1 Å². The van der Waals surface area contributed by atoms with Crippen LogP contribution in [0.4, 0.5) is 4.79 Å². The fourth-order valence-corrected chi connectivity index (χ4v) is 2.85. The number of urea groups is 1. The number of carbonyl (C=O) groups is 1. The minimum Gasteiger partial charge on any atom is -0.376 e. The molecule has 2 aromatic heterocycles. The van der Waals surface area contributed by atoms with Gasteiger partial charge in [-0.1, -0.05) is 0 Å². The van der Waals surface area contributed by atoms with Gasteiger partial charge in [0.1, 0.15) is 11.6 Å². The summed E-state index contributed by atoms with van der Waals surface area (Å²) in [5, 5.41) is 5.82. The maximum atomic E-state index is 12.0. The molecule has 0 aliphatic carbocycles. The number of nitrogens with zero attached hydrogens (tertiary/aromatic N) is 3. The van der Waals surface area contributed by atoms with Crippen LogP contribution in [0.25, 0.3) is 5.82 Å². The van der Waals surface area contributed by atoms with Gasteiger partial charge in [-0.2, -0.15) is 0 Å². The first-order valence-electron chi connectivity index (χ1n) is 8.24. The van der Waals surface area contributed by atoms with Crippen LogP contribution in [0.2, 0.25) is 0 Å². The monoisotopic (exact) mass is 329 g/mol. The number of aromatic nitrogens is 3. The van der Waals surface area contributed by atoms with Gasteiger partial charge in [0.15, 0.2) is 0 Å². The summed E-state index contributed by atoms with van der Waals surface area (Å²) in [4.78, 5) is 20.6. The van der Waals surface area contributed by atoms with Crippen molar-refractivity contribution in [2.24, 2.45) is 0 Å². The molecule has 0 radical (unpaired) electrons. The molecule has 24 heavy (non-hydrogen) atoms. The van der Waals surface area contributed by atoms with Gasteiger partial charge in [-0.3, -0.25) is 4.57 Å². The minimum atomic E-state index is -0.185. The van der Waals surface area contributed by atoms with Gasteiger partial charge < -0.3 is 15.4 Å². The van der Waals surface area contributed by atoms with Crippen LogP contribution in [0.1, 0.15) is 31.2 Å². The summed E-state index contributed by atoms with van der Waals surface area (Å²) in [6, 6.07) is 3.65. The summed E-state index contributed by atoms with van der Waals surface area (Å²) in [6.07, 6.45) is 7.52. The quantitative estimate of drug-likeness (QED) is 0.878. The van der Waals surface area contributed by atoms with Crippen LogP contribution in [0, 0.1) is 6.92 Å². The predicted molar refractivity (Wildman–Crippen MR) is 89.9 cm³/mol. The number of pyridine rings is 1. The number of carbonyl (C=O) groups excluding carboxylic acids is 1. The summed E-state index contributed by atoms with van der Waals surface area (Å²) >= 11 is 0. The van der Waals surface area contributed by atoms with Gasteiger partial charge in [-0.05, 0) is 44.4 Å². The van der Waals surface area contributed by atoms with Crippen molar-refractivity contribution in [3.8, 4) is 5.82 Å². The van der Waals surface area contributed by atoms with Crippen molar-refractivity contribution in [2.75, 3.05) is 6.61 Å². The molecular weight excluding hydrogens is 306 g/mol. The topological polar surface area (TPSA) is 81.1 Å². The Labute approximate surface area is 141 Å². The van der Waals surface area contributed by atoms with Crippen molar-refractivity contribution in [1.29, 1.82) is 0 Å². The van der Waals surface area contributed by atoms with E-state index in [-0.39, 0.29) is 18.2 Å². The fourth-order valence-electron chi connectivity index (χ4n) is 2.85. The molecule has 1 saturated heterocycles. The Morgan fingerprint density at radius 1 is 1.46 bits per heavy atom. The zero-order chi connectivity index (χ0) is 16.9. The summed E-state index contributed by atoms with van der Waals surface area (Å²) in [6.45, 7) is 5.12. The molecule has 1 aliphatic heterocycles. The van der Waals surface area contributed by atoms with E-state index in [1.807, 2.05) is 36.7 Å². The third-order valence-electron chi connectivity index (χ3n) is 4.22. The summed E-state index contributed by atoms with van der Waals surface area (Å²) in [5.41, 5.74) is 0.980. The molecule has 1 aliphatic rings. The highest BCUT2D eigenvalue weighted by molar-refractivity contribution is 5.74. The molecule has 2 N–H and O–H groups in total. The number of rotatable bonds is 5. The lowest BCUT2D eigenvalue weighted by Gasteiger charge is -2.20. The molecular formula is C17H23N5O2. The first kappa shape index (κ1) is 16.4. The van der Waals surface area contributed by atoms with E-state index in [0.717, 1.165) is 36.7 Å². The van der Waals surface area contributed by atoms with E-state index < -0.39 is 0 Å². The zero-order valence-electron chi connectivity index (χ0n) is 14.0. The van der Waals surface area contributed by atoms with Gasteiger partial charge in [-0.15, -0.1) is 0 Å². The highest BCUT2D eigenvalue weighted by Crippen LogP contribution is 2.15. The van der Waals surface area contributed by atoms with Crippen LogP contribution >= 0.6 is 0 Å². The normalized spacial score (nSPS) is 18.3. The first-order chi connectivity index (χ1) is 11.6. The Bertz CT molecular complexity index is 694. The van der Waals surface area contributed by atoms with Gasteiger partial charge in [0.05, 0.1) is 12.1 Å². The van der Waals surface area contributed by atoms with E-state index >= 15 is 0 Å². The Morgan fingerprint density at radius 2 is 2.33 bits per heavy atom. The molecule has 0 saturated carbocycles. The smallest absolute Gasteiger partial charge is 0.315 e. The minimum absolute atomic E-state index is 0.00843. The number of nitrogens with one attached hydrogen (secondary N) is 2. The third kappa shape index (κ3) is 3.91. The average Bonchev–Trinajstić information content (AvgIpc) is 3.24. The van der Waals surface area contributed by atoms with E-state index in [2.05, 4.69) is 20.6 Å². The van der Waals surface area contributed by atoms with Crippen molar-refractivity contribution < 1.29 is 9.53 Å². The second-order valence-electron chi connectivity index (χ2n) is 6.03. The molecule has 2 unspecified atom stereocenters. The Hall–Kier alpha value is -2.41. The summed E-state index contributed by atoms with van der Waals surface area (Å²) in [7, 11) is 0. The number of amides is 2. The van der Waals surface area contributed by atoms with Gasteiger partial charge in [-0.25, -0.2) is 14.8 Å². The second-order valence-corrected chi connectivity index (χ2v) is 6.03. The molecule has 3 rings (SSSR count). The Balaban J connectivity index is 1.54. The SMILES string of the molecule is Cc1nccn1-c1cc(CNC(=O)NC(C)C2CCCO2)ccn1. The number of hydrogen-bond donors (Lipinski definition) is 2. The Morgan fingerprint density at radius 3 is 3.04 bits per heavy atom. The van der Waals surface area contributed by atoms with Crippen LogP contribution < -0.4 is 10.6 Å². The largest absolute Gasteiger partial charge is 0.376 e. The highest BCUT2D eigenvalue weighted by Gasteiger charge is 2.23. The van der Waals surface area contributed by atoms with Crippen molar-refractivity contribution in [3.63, 3.8) is 0 Å². The van der Waals surface area contributed by atoms with Gasteiger partial charge in [0.2, 0.25) is 0 Å².